The van der Waals surface area contributed by atoms with E-state index in [1.807, 2.05) is 40.2 Å². The zero-order chi connectivity index (χ0) is 28.1. The third kappa shape index (κ3) is 6.22. The molecule has 0 unspecified atom stereocenters. The van der Waals surface area contributed by atoms with Crippen LogP contribution in [0.25, 0.3) is 11.1 Å². The van der Waals surface area contributed by atoms with Gasteiger partial charge in [0.2, 0.25) is 5.91 Å². The van der Waals surface area contributed by atoms with Crippen LogP contribution in [0, 0.1) is 23.2 Å². The van der Waals surface area contributed by atoms with Crippen molar-refractivity contribution in [1.82, 2.24) is 14.8 Å². The molecule has 210 valence electrons. The Kier molecular flexibility index (Phi) is 8.84. The number of carbonyl (C=O) groups excluding carboxylic acids is 1. The molecule has 2 aromatic heterocycles. The average Bonchev–Trinajstić information content (AvgIpc) is 3.51. The van der Waals surface area contributed by atoms with Crippen molar-refractivity contribution in [2.75, 3.05) is 18.6 Å². The number of hydrogen-bond acceptors (Lipinski definition) is 5. The number of methoxy groups -OCH3 is 1. The van der Waals surface area contributed by atoms with E-state index in [2.05, 4.69) is 43.3 Å². The average molecular weight is 540 g/mol. The fourth-order valence-corrected chi connectivity index (χ4v) is 6.38. The van der Waals surface area contributed by atoms with E-state index in [4.69, 9.17) is 9.72 Å². The number of nitrogens with zero attached hydrogens (tertiary/aromatic N) is 5. The second kappa shape index (κ2) is 12.7. The maximum atomic E-state index is 14.0. The van der Waals surface area contributed by atoms with Crippen LogP contribution >= 0.6 is 0 Å². The highest BCUT2D eigenvalue weighted by atomic mass is 16.5. The van der Waals surface area contributed by atoms with Crippen molar-refractivity contribution in [2.45, 2.75) is 83.6 Å². The monoisotopic (exact) mass is 539 g/mol. The molecule has 7 nitrogen and oxygen atoms in total. The number of benzene rings is 1. The lowest BCUT2D eigenvalue weighted by Gasteiger charge is -2.35. The van der Waals surface area contributed by atoms with Gasteiger partial charge in [-0.15, -0.1) is 0 Å². The number of anilines is 1. The molecule has 2 saturated carbocycles. The SMILES string of the molecule is COc1ccc(C2CCC(CN(C(=O)C3CCCCC3)c3cc(-c4cnn(C(C)C)c4)ccn3)CC2)cc1C#N. The van der Waals surface area contributed by atoms with E-state index in [9.17, 15) is 10.1 Å². The number of aromatic nitrogens is 3. The number of pyridine rings is 1. The van der Waals surface area contributed by atoms with E-state index < -0.39 is 0 Å². The second-order valence-corrected chi connectivity index (χ2v) is 11.8. The topological polar surface area (TPSA) is 84.0 Å². The van der Waals surface area contributed by atoms with Crippen LogP contribution in [0.5, 0.6) is 5.75 Å². The second-order valence-electron chi connectivity index (χ2n) is 11.8. The Bertz CT molecular complexity index is 1340. The van der Waals surface area contributed by atoms with Gasteiger partial charge in [-0.3, -0.25) is 14.4 Å². The maximum Gasteiger partial charge on any atom is 0.231 e. The van der Waals surface area contributed by atoms with Crippen molar-refractivity contribution in [1.29, 1.82) is 5.26 Å². The van der Waals surface area contributed by atoms with Gasteiger partial charge in [-0.25, -0.2) is 4.98 Å². The molecule has 7 heteroatoms. The molecule has 0 atom stereocenters. The minimum atomic E-state index is 0.0861. The molecule has 0 spiro atoms. The van der Waals surface area contributed by atoms with Crippen molar-refractivity contribution in [3.05, 3.63) is 60.0 Å². The number of rotatable bonds is 8. The largest absolute Gasteiger partial charge is 0.495 e. The van der Waals surface area contributed by atoms with E-state index in [1.165, 1.54) is 12.0 Å². The maximum absolute atomic E-state index is 14.0. The lowest BCUT2D eigenvalue weighted by molar-refractivity contribution is -0.123. The highest BCUT2D eigenvalue weighted by Crippen LogP contribution is 2.38. The van der Waals surface area contributed by atoms with Crippen LogP contribution in [0.15, 0.2) is 48.9 Å². The molecule has 2 fully saturated rings. The van der Waals surface area contributed by atoms with Gasteiger partial charge >= 0.3 is 0 Å². The molecule has 2 aliphatic carbocycles. The van der Waals surface area contributed by atoms with E-state index in [1.54, 1.807) is 7.11 Å². The molecular formula is C33H41N5O2. The number of hydrogen-bond donors (Lipinski definition) is 0. The van der Waals surface area contributed by atoms with Gasteiger partial charge in [0.25, 0.3) is 0 Å². The normalized spacial score (nSPS) is 19.8. The van der Waals surface area contributed by atoms with Crippen molar-refractivity contribution in [2.24, 2.45) is 11.8 Å². The number of amides is 1. The first-order chi connectivity index (χ1) is 19.5. The van der Waals surface area contributed by atoms with Crippen molar-refractivity contribution < 1.29 is 9.53 Å². The summed E-state index contributed by atoms with van der Waals surface area (Å²) in [6.45, 7) is 4.94. The summed E-state index contributed by atoms with van der Waals surface area (Å²) in [4.78, 5) is 20.7. The quantitative estimate of drug-likeness (QED) is 0.300. The third-order valence-electron chi connectivity index (χ3n) is 8.81. The van der Waals surface area contributed by atoms with Crippen LogP contribution < -0.4 is 9.64 Å². The molecule has 0 radical (unpaired) electrons. The van der Waals surface area contributed by atoms with Crippen LogP contribution in [0.4, 0.5) is 5.82 Å². The summed E-state index contributed by atoms with van der Waals surface area (Å²) in [7, 11) is 1.60. The first-order valence-electron chi connectivity index (χ1n) is 14.9. The molecule has 1 aromatic carbocycles. The molecule has 2 heterocycles. The van der Waals surface area contributed by atoms with Crippen molar-refractivity contribution in [3.8, 4) is 22.9 Å². The summed E-state index contributed by atoms with van der Waals surface area (Å²) >= 11 is 0. The lowest BCUT2D eigenvalue weighted by Crippen LogP contribution is -2.41. The number of carbonyl (C=O) groups is 1. The predicted molar refractivity (Wildman–Crippen MR) is 157 cm³/mol. The lowest BCUT2D eigenvalue weighted by atomic mass is 9.78. The fourth-order valence-electron chi connectivity index (χ4n) is 6.38. The van der Waals surface area contributed by atoms with Crippen LogP contribution in [-0.2, 0) is 4.79 Å². The molecule has 0 saturated heterocycles. The number of nitriles is 1. The molecule has 0 bridgehead atoms. The van der Waals surface area contributed by atoms with Gasteiger partial charge in [0.15, 0.2) is 0 Å². The summed E-state index contributed by atoms with van der Waals surface area (Å²) in [5.74, 6) is 2.55. The summed E-state index contributed by atoms with van der Waals surface area (Å²) in [6.07, 6.45) is 15.4. The first-order valence-corrected chi connectivity index (χ1v) is 14.9. The Balaban J connectivity index is 1.33. The van der Waals surface area contributed by atoms with E-state index in [-0.39, 0.29) is 11.8 Å². The smallest absolute Gasteiger partial charge is 0.231 e. The Morgan fingerprint density at radius 3 is 2.52 bits per heavy atom. The Labute approximate surface area is 238 Å². The molecule has 1 amide bonds. The van der Waals surface area contributed by atoms with Crippen molar-refractivity contribution in [3.63, 3.8) is 0 Å². The first kappa shape index (κ1) is 27.9. The molecular weight excluding hydrogens is 498 g/mol. The van der Waals surface area contributed by atoms with Crippen LogP contribution in [-0.4, -0.2) is 34.3 Å². The van der Waals surface area contributed by atoms with Crippen LogP contribution in [0.2, 0.25) is 0 Å². The fraction of sp³-hybridized carbons (Fsp3) is 0.515. The van der Waals surface area contributed by atoms with Gasteiger partial charge in [0.05, 0.1) is 18.9 Å². The highest BCUT2D eigenvalue weighted by molar-refractivity contribution is 5.94. The van der Waals surface area contributed by atoms with Crippen LogP contribution in [0.1, 0.15) is 94.7 Å². The van der Waals surface area contributed by atoms with Gasteiger partial charge in [-0.1, -0.05) is 25.3 Å². The van der Waals surface area contributed by atoms with E-state index in [0.29, 0.717) is 35.7 Å². The van der Waals surface area contributed by atoms with Gasteiger partial charge in [0, 0.05) is 36.5 Å². The van der Waals surface area contributed by atoms with Gasteiger partial charge in [-0.05, 0) is 99.6 Å². The summed E-state index contributed by atoms with van der Waals surface area (Å²) < 4.78 is 7.29. The van der Waals surface area contributed by atoms with Crippen molar-refractivity contribution >= 4 is 11.7 Å². The van der Waals surface area contributed by atoms with Gasteiger partial charge in [-0.2, -0.15) is 10.4 Å². The van der Waals surface area contributed by atoms with Gasteiger partial charge < -0.3 is 4.74 Å². The third-order valence-corrected chi connectivity index (χ3v) is 8.81. The molecule has 0 aliphatic heterocycles. The number of ether oxygens (including phenoxy) is 1. The summed E-state index contributed by atoms with van der Waals surface area (Å²) in [6, 6.07) is 12.6. The Hall–Kier alpha value is -3.66. The minimum absolute atomic E-state index is 0.0861. The Morgan fingerprint density at radius 2 is 1.85 bits per heavy atom. The van der Waals surface area contributed by atoms with E-state index >= 15 is 0 Å². The van der Waals surface area contributed by atoms with E-state index in [0.717, 1.165) is 68.3 Å². The molecule has 5 rings (SSSR count). The minimum Gasteiger partial charge on any atom is -0.495 e. The molecule has 3 aromatic rings. The standard InChI is InChI=1S/C33H41N5O2/c1-23(2)38-22-30(20-36-38)28-15-16-35-32(18-28)37(33(39)26-7-5-4-6-8-26)21-24-9-11-25(12-10-24)27-13-14-31(40-3)29(17-27)19-34/h13-18,20,22-26H,4-12,21H2,1-3H3. The zero-order valence-corrected chi connectivity index (χ0v) is 24.1. The molecule has 40 heavy (non-hydrogen) atoms. The summed E-state index contributed by atoms with van der Waals surface area (Å²) in [5, 5.41) is 14.0. The predicted octanol–water partition coefficient (Wildman–Crippen LogP) is 7.29. The summed E-state index contributed by atoms with van der Waals surface area (Å²) in [5.41, 5.74) is 3.88. The zero-order valence-electron chi connectivity index (χ0n) is 24.1. The highest BCUT2D eigenvalue weighted by Gasteiger charge is 2.31. The molecule has 0 N–H and O–H groups in total. The van der Waals surface area contributed by atoms with Crippen LogP contribution in [0.3, 0.4) is 0 Å². The van der Waals surface area contributed by atoms with Gasteiger partial charge in [0.1, 0.15) is 17.6 Å². The Morgan fingerprint density at radius 1 is 1.07 bits per heavy atom. The molecule has 2 aliphatic rings.